The van der Waals surface area contributed by atoms with Gasteiger partial charge in [0.05, 0.1) is 10.8 Å². The van der Waals surface area contributed by atoms with E-state index in [0.29, 0.717) is 23.9 Å². The van der Waals surface area contributed by atoms with E-state index in [9.17, 15) is 13.2 Å². The fraction of sp³-hybridized carbons (Fsp3) is 0.417. The maximum atomic E-state index is 12.5. The average Bonchev–Trinajstić information content (AvgIpc) is 2.39. The molecule has 1 aromatic rings. The summed E-state index contributed by atoms with van der Waals surface area (Å²) in [6, 6.07) is 6.66. The summed E-state index contributed by atoms with van der Waals surface area (Å²) in [4.78, 5) is 11.4. The molecule has 1 saturated heterocycles. The van der Waals surface area contributed by atoms with Gasteiger partial charge in [-0.15, -0.1) is 0 Å². The number of halogens is 1. The maximum Gasteiger partial charge on any atom is 0.244 e. The minimum absolute atomic E-state index is 0.166. The van der Waals surface area contributed by atoms with Gasteiger partial charge in [-0.3, -0.25) is 4.79 Å². The molecule has 1 fully saturated rings. The van der Waals surface area contributed by atoms with Crippen molar-refractivity contribution < 1.29 is 13.2 Å². The van der Waals surface area contributed by atoms with Crippen molar-refractivity contribution in [3.63, 3.8) is 0 Å². The van der Waals surface area contributed by atoms with Gasteiger partial charge in [-0.05, 0) is 40.9 Å². The molecule has 1 unspecified atom stereocenters. The smallest absolute Gasteiger partial charge is 0.244 e. The van der Waals surface area contributed by atoms with Gasteiger partial charge < -0.3 is 5.73 Å². The van der Waals surface area contributed by atoms with E-state index in [0.717, 1.165) is 0 Å². The van der Waals surface area contributed by atoms with Gasteiger partial charge in [0.2, 0.25) is 15.9 Å². The Bertz CT molecular complexity index is 588. The molecule has 2 rings (SSSR count). The Labute approximate surface area is 121 Å². The third-order valence-corrected chi connectivity index (χ3v) is 6.12. The van der Waals surface area contributed by atoms with Crippen molar-refractivity contribution in [1.82, 2.24) is 4.31 Å². The van der Waals surface area contributed by atoms with Crippen LogP contribution in [0.4, 0.5) is 0 Å². The number of nitrogens with two attached hydrogens (primary N) is 1. The Morgan fingerprint density at radius 2 is 2.05 bits per heavy atom. The van der Waals surface area contributed by atoms with Crippen LogP contribution in [0.25, 0.3) is 0 Å². The molecule has 1 aliphatic rings. The SMILES string of the molecule is NC(=O)C1CCCN(S(=O)(=O)c2ccccc2Br)C1. The van der Waals surface area contributed by atoms with Gasteiger partial charge in [0.1, 0.15) is 0 Å². The molecular formula is C12H15BrN2O3S. The highest BCUT2D eigenvalue weighted by molar-refractivity contribution is 9.10. The van der Waals surface area contributed by atoms with Gasteiger partial charge >= 0.3 is 0 Å². The van der Waals surface area contributed by atoms with Crippen LogP contribution in [0.5, 0.6) is 0 Å². The summed E-state index contributed by atoms with van der Waals surface area (Å²) in [6.45, 7) is 0.590. The Balaban J connectivity index is 2.30. The molecule has 0 saturated carbocycles. The van der Waals surface area contributed by atoms with Gasteiger partial charge in [-0.2, -0.15) is 4.31 Å². The first-order valence-electron chi connectivity index (χ1n) is 5.97. The summed E-state index contributed by atoms with van der Waals surface area (Å²) in [5, 5.41) is 0. The minimum atomic E-state index is -3.58. The lowest BCUT2D eigenvalue weighted by Gasteiger charge is -2.30. The summed E-state index contributed by atoms with van der Waals surface area (Å²) in [6.07, 6.45) is 1.30. The highest BCUT2D eigenvalue weighted by Crippen LogP contribution is 2.28. The normalized spacial score (nSPS) is 21.2. The quantitative estimate of drug-likeness (QED) is 0.896. The van der Waals surface area contributed by atoms with Crippen LogP contribution in [0.15, 0.2) is 33.6 Å². The first-order chi connectivity index (χ1) is 8.93. The van der Waals surface area contributed by atoms with Gasteiger partial charge in [0.25, 0.3) is 0 Å². The van der Waals surface area contributed by atoms with E-state index in [4.69, 9.17) is 5.73 Å². The van der Waals surface area contributed by atoms with Crippen LogP contribution < -0.4 is 5.73 Å². The third-order valence-electron chi connectivity index (χ3n) is 3.24. The van der Waals surface area contributed by atoms with Crippen LogP contribution in [0, 0.1) is 5.92 Å². The lowest BCUT2D eigenvalue weighted by atomic mass is 9.99. The number of nitrogens with zero attached hydrogens (tertiary/aromatic N) is 1. The maximum absolute atomic E-state index is 12.5. The summed E-state index contributed by atoms with van der Waals surface area (Å²) in [5.41, 5.74) is 5.27. The van der Waals surface area contributed by atoms with E-state index in [1.54, 1.807) is 24.3 Å². The van der Waals surface area contributed by atoms with Gasteiger partial charge in [0.15, 0.2) is 0 Å². The molecule has 2 N–H and O–H groups in total. The van der Waals surface area contributed by atoms with Crippen LogP contribution in [0.2, 0.25) is 0 Å². The van der Waals surface area contributed by atoms with E-state index in [-0.39, 0.29) is 11.4 Å². The second-order valence-corrected chi connectivity index (χ2v) is 7.30. The Kier molecular flexibility index (Phi) is 4.27. The molecule has 1 aliphatic heterocycles. The molecule has 0 aromatic heterocycles. The Hall–Kier alpha value is -0.920. The molecule has 1 aromatic carbocycles. The van der Waals surface area contributed by atoms with Crippen LogP contribution in [-0.4, -0.2) is 31.7 Å². The number of amides is 1. The van der Waals surface area contributed by atoms with E-state index in [2.05, 4.69) is 15.9 Å². The monoisotopic (exact) mass is 346 g/mol. The number of hydrogen-bond donors (Lipinski definition) is 1. The molecule has 0 aliphatic carbocycles. The van der Waals surface area contributed by atoms with Gasteiger partial charge in [-0.25, -0.2) is 8.42 Å². The van der Waals surface area contributed by atoms with Crippen molar-refractivity contribution in [2.24, 2.45) is 11.7 Å². The number of benzene rings is 1. The van der Waals surface area contributed by atoms with Crippen molar-refractivity contribution in [2.45, 2.75) is 17.7 Å². The molecule has 7 heteroatoms. The fourth-order valence-corrected chi connectivity index (χ4v) is 4.67. The van der Waals surface area contributed by atoms with Crippen LogP contribution in [-0.2, 0) is 14.8 Å². The van der Waals surface area contributed by atoms with Crippen LogP contribution in [0.1, 0.15) is 12.8 Å². The number of sulfonamides is 1. The van der Waals surface area contributed by atoms with Gasteiger partial charge in [0, 0.05) is 17.6 Å². The first kappa shape index (κ1) is 14.5. The summed E-state index contributed by atoms with van der Waals surface area (Å²) < 4.78 is 26.9. The zero-order valence-electron chi connectivity index (χ0n) is 10.3. The lowest BCUT2D eigenvalue weighted by molar-refractivity contribution is -0.122. The number of hydrogen-bond acceptors (Lipinski definition) is 3. The molecule has 1 heterocycles. The van der Waals surface area contributed by atoms with Crippen LogP contribution in [0.3, 0.4) is 0 Å². The molecule has 5 nitrogen and oxygen atoms in total. The molecule has 0 bridgehead atoms. The second-order valence-electron chi connectivity index (χ2n) is 4.53. The zero-order valence-corrected chi connectivity index (χ0v) is 12.7. The van der Waals surface area contributed by atoms with Crippen molar-refractivity contribution in [3.05, 3.63) is 28.7 Å². The molecule has 104 valence electrons. The summed E-state index contributed by atoms with van der Waals surface area (Å²) >= 11 is 3.25. The van der Waals surface area contributed by atoms with E-state index >= 15 is 0 Å². The highest BCUT2D eigenvalue weighted by atomic mass is 79.9. The lowest BCUT2D eigenvalue weighted by Crippen LogP contribution is -2.44. The highest BCUT2D eigenvalue weighted by Gasteiger charge is 2.33. The van der Waals surface area contributed by atoms with E-state index < -0.39 is 21.8 Å². The zero-order chi connectivity index (χ0) is 14.0. The molecule has 0 radical (unpaired) electrons. The standard InChI is InChI=1S/C12H15BrN2O3S/c13-10-5-1-2-6-11(10)19(17,18)15-7-3-4-9(8-15)12(14)16/h1-2,5-6,9H,3-4,7-8H2,(H2,14,16). The van der Waals surface area contributed by atoms with E-state index in [1.165, 1.54) is 4.31 Å². The first-order valence-corrected chi connectivity index (χ1v) is 8.20. The molecule has 1 amide bonds. The van der Waals surface area contributed by atoms with Crippen molar-refractivity contribution in [1.29, 1.82) is 0 Å². The van der Waals surface area contributed by atoms with E-state index in [1.807, 2.05) is 0 Å². The molecule has 19 heavy (non-hydrogen) atoms. The number of primary amides is 1. The molecular weight excluding hydrogens is 332 g/mol. The number of carbonyl (C=O) groups excluding carboxylic acids is 1. The number of carbonyl (C=O) groups is 1. The summed E-state index contributed by atoms with van der Waals surface area (Å²) in [5.74, 6) is -0.835. The summed E-state index contributed by atoms with van der Waals surface area (Å²) in [7, 11) is -3.58. The fourth-order valence-electron chi connectivity index (χ4n) is 2.19. The predicted octanol–water partition coefficient (Wildman–Crippen LogP) is 1.34. The second kappa shape index (κ2) is 5.60. The molecule has 1 atom stereocenters. The van der Waals surface area contributed by atoms with Crippen molar-refractivity contribution in [2.75, 3.05) is 13.1 Å². The largest absolute Gasteiger partial charge is 0.369 e. The minimum Gasteiger partial charge on any atom is -0.369 e. The molecule has 0 spiro atoms. The Morgan fingerprint density at radius 1 is 1.37 bits per heavy atom. The Morgan fingerprint density at radius 3 is 2.68 bits per heavy atom. The van der Waals surface area contributed by atoms with Gasteiger partial charge in [-0.1, -0.05) is 12.1 Å². The van der Waals surface area contributed by atoms with Crippen LogP contribution >= 0.6 is 15.9 Å². The predicted molar refractivity (Wildman–Crippen MR) is 74.8 cm³/mol. The average molecular weight is 347 g/mol. The topological polar surface area (TPSA) is 80.5 Å². The third kappa shape index (κ3) is 2.98. The van der Waals surface area contributed by atoms with Crippen molar-refractivity contribution in [3.8, 4) is 0 Å². The number of rotatable bonds is 3. The number of piperidine rings is 1. The van der Waals surface area contributed by atoms with Crippen molar-refractivity contribution >= 4 is 31.9 Å².